The third-order valence-electron chi connectivity index (χ3n) is 2.34. The summed E-state index contributed by atoms with van der Waals surface area (Å²) in [7, 11) is 0. The molecule has 1 rings (SSSR count). The fourth-order valence-corrected chi connectivity index (χ4v) is 1.37. The minimum absolute atomic E-state index is 0.116. The summed E-state index contributed by atoms with van der Waals surface area (Å²) < 4.78 is 5.29. The van der Waals surface area contributed by atoms with E-state index in [9.17, 15) is 9.59 Å². The molecule has 0 aliphatic rings. The predicted molar refractivity (Wildman–Crippen MR) is 69.6 cm³/mol. The molecule has 0 bridgehead atoms. The summed E-state index contributed by atoms with van der Waals surface area (Å²) in [4.78, 5) is 22.8. The first-order chi connectivity index (χ1) is 8.45. The molecule has 98 valence electrons. The van der Waals surface area contributed by atoms with Gasteiger partial charge in [-0.2, -0.15) is 0 Å². The second-order valence-corrected chi connectivity index (χ2v) is 4.15. The molecule has 2 amide bonds. The van der Waals surface area contributed by atoms with Crippen LogP contribution in [0.15, 0.2) is 18.2 Å². The number of anilines is 1. The zero-order valence-electron chi connectivity index (χ0n) is 10.8. The predicted octanol–water partition coefficient (Wildman–Crippen LogP) is 1.78. The van der Waals surface area contributed by atoms with Gasteiger partial charge >= 0.3 is 0 Å². The van der Waals surface area contributed by atoms with Gasteiger partial charge in [0, 0.05) is 11.6 Å². The molecule has 0 unspecified atom stereocenters. The molecule has 0 fully saturated rings. The monoisotopic (exact) mass is 250 g/mol. The molecule has 0 aliphatic carbocycles. The van der Waals surface area contributed by atoms with Crippen molar-refractivity contribution in [2.24, 2.45) is 11.7 Å². The Morgan fingerprint density at radius 1 is 1.39 bits per heavy atom. The van der Waals surface area contributed by atoms with Gasteiger partial charge in [-0.05, 0) is 25.1 Å². The quantitative estimate of drug-likeness (QED) is 0.835. The van der Waals surface area contributed by atoms with Crippen molar-refractivity contribution in [3.63, 3.8) is 0 Å². The zero-order valence-corrected chi connectivity index (χ0v) is 10.8. The highest BCUT2D eigenvalue weighted by molar-refractivity contribution is 5.98. The van der Waals surface area contributed by atoms with Crippen molar-refractivity contribution >= 4 is 17.5 Å². The third kappa shape index (κ3) is 3.48. The lowest BCUT2D eigenvalue weighted by atomic mass is 10.1. The second-order valence-electron chi connectivity index (χ2n) is 4.15. The molecule has 18 heavy (non-hydrogen) atoms. The number of amides is 2. The Bertz CT molecular complexity index is 456. The number of hydrogen-bond acceptors (Lipinski definition) is 3. The summed E-state index contributed by atoms with van der Waals surface area (Å²) in [6.45, 7) is 5.84. The van der Waals surface area contributed by atoms with Gasteiger partial charge in [0.1, 0.15) is 5.75 Å². The molecule has 0 aliphatic heterocycles. The normalized spacial score (nSPS) is 10.2. The molecule has 0 radical (unpaired) electrons. The van der Waals surface area contributed by atoms with Crippen LogP contribution in [0.3, 0.4) is 0 Å². The molecule has 0 heterocycles. The maximum atomic E-state index is 11.5. The van der Waals surface area contributed by atoms with E-state index in [2.05, 4.69) is 5.32 Å². The number of rotatable bonds is 5. The standard InChI is InChI=1S/C13H18N2O3/c1-4-18-11-6-5-9(7-10(11)12(14)16)15-13(17)8(2)3/h5-8H,4H2,1-3H3,(H2,14,16)(H,15,17). The Labute approximate surface area is 106 Å². The minimum Gasteiger partial charge on any atom is -0.493 e. The van der Waals surface area contributed by atoms with Crippen molar-refractivity contribution in [3.8, 4) is 5.75 Å². The van der Waals surface area contributed by atoms with Crippen molar-refractivity contribution in [1.29, 1.82) is 0 Å². The third-order valence-corrected chi connectivity index (χ3v) is 2.34. The first kappa shape index (κ1) is 14.0. The van der Waals surface area contributed by atoms with Crippen molar-refractivity contribution in [3.05, 3.63) is 23.8 Å². The van der Waals surface area contributed by atoms with Gasteiger partial charge in [0.15, 0.2) is 0 Å². The Morgan fingerprint density at radius 2 is 2.06 bits per heavy atom. The van der Waals surface area contributed by atoms with E-state index in [0.29, 0.717) is 18.0 Å². The summed E-state index contributed by atoms with van der Waals surface area (Å²) in [5, 5.41) is 2.70. The van der Waals surface area contributed by atoms with Gasteiger partial charge in [0.05, 0.1) is 12.2 Å². The lowest BCUT2D eigenvalue weighted by Gasteiger charge is -2.11. The van der Waals surface area contributed by atoms with E-state index in [4.69, 9.17) is 10.5 Å². The van der Waals surface area contributed by atoms with Crippen LogP contribution in [-0.4, -0.2) is 18.4 Å². The summed E-state index contributed by atoms with van der Waals surface area (Å²) >= 11 is 0. The highest BCUT2D eigenvalue weighted by Crippen LogP contribution is 2.22. The number of nitrogens with two attached hydrogens (primary N) is 1. The first-order valence-corrected chi connectivity index (χ1v) is 5.83. The number of primary amides is 1. The molecule has 0 saturated heterocycles. The second kappa shape index (κ2) is 6.05. The number of nitrogens with one attached hydrogen (secondary N) is 1. The molecular formula is C13H18N2O3. The van der Waals surface area contributed by atoms with E-state index in [1.807, 2.05) is 6.92 Å². The van der Waals surface area contributed by atoms with Crippen molar-refractivity contribution < 1.29 is 14.3 Å². The lowest BCUT2D eigenvalue weighted by molar-refractivity contribution is -0.118. The maximum absolute atomic E-state index is 11.5. The van der Waals surface area contributed by atoms with E-state index in [-0.39, 0.29) is 17.4 Å². The number of hydrogen-bond donors (Lipinski definition) is 2. The highest BCUT2D eigenvalue weighted by Gasteiger charge is 2.12. The van der Waals surface area contributed by atoms with E-state index in [1.165, 1.54) is 6.07 Å². The summed E-state index contributed by atoms with van der Waals surface area (Å²) in [5.41, 5.74) is 6.07. The SMILES string of the molecule is CCOc1ccc(NC(=O)C(C)C)cc1C(N)=O. The van der Waals surface area contributed by atoms with Crippen LogP contribution in [0, 0.1) is 5.92 Å². The fraction of sp³-hybridized carbons (Fsp3) is 0.385. The van der Waals surface area contributed by atoms with E-state index < -0.39 is 5.91 Å². The van der Waals surface area contributed by atoms with Gasteiger partial charge in [-0.3, -0.25) is 9.59 Å². The fourth-order valence-electron chi connectivity index (χ4n) is 1.37. The molecule has 0 spiro atoms. The molecule has 0 aromatic heterocycles. The first-order valence-electron chi connectivity index (χ1n) is 5.83. The summed E-state index contributed by atoms with van der Waals surface area (Å²) in [6.07, 6.45) is 0. The van der Waals surface area contributed by atoms with Crippen LogP contribution < -0.4 is 15.8 Å². The van der Waals surface area contributed by atoms with E-state index in [0.717, 1.165) is 0 Å². The maximum Gasteiger partial charge on any atom is 0.252 e. The topological polar surface area (TPSA) is 81.4 Å². The average Bonchev–Trinajstić information content (AvgIpc) is 2.30. The number of ether oxygens (including phenoxy) is 1. The minimum atomic E-state index is -0.584. The van der Waals surface area contributed by atoms with Crippen LogP contribution in [0.2, 0.25) is 0 Å². The molecule has 1 aromatic carbocycles. The van der Waals surface area contributed by atoms with Crippen molar-refractivity contribution in [2.45, 2.75) is 20.8 Å². The van der Waals surface area contributed by atoms with Gasteiger partial charge in [-0.1, -0.05) is 13.8 Å². The molecule has 1 aromatic rings. The number of benzene rings is 1. The Kier molecular flexibility index (Phi) is 4.71. The molecule has 5 heteroatoms. The van der Waals surface area contributed by atoms with E-state index >= 15 is 0 Å². The molecule has 5 nitrogen and oxygen atoms in total. The van der Waals surface area contributed by atoms with Crippen LogP contribution in [0.4, 0.5) is 5.69 Å². The molecule has 0 saturated carbocycles. The average molecular weight is 250 g/mol. The van der Waals surface area contributed by atoms with Gasteiger partial charge in [-0.25, -0.2) is 0 Å². The van der Waals surface area contributed by atoms with Crippen LogP contribution in [0.5, 0.6) is 5.75 Å². The molecule has 0 atom stereocenters. The number of carbonyl (C=O) groups excluding carboxylic acids is 2. The largest absolute Gasteiger partial charge is 0.493 e. The lowest BCUT2D eigenvalue weighted by Crippen LogP contribution is -2.19. The van der Waals surface area contributed by atoms with Crippen LogP contribution in [-0.2, 0) is 4.79 Å². The van der Waals surface area contributed by atoms with E-state index in [1.54, 1.807) is 26.0 Å². The molecule has 3 N–H and O–H groups in total. The molecular weight excluding hydrogens is 232 g/mol. The Balaban J connectivity index is 3.00. The zero-order chi connectivity index (χ0) is 13.7. The van der Waals surface area contributed by atoms with Gasteiger partial charge in [0.2, 0.25) is 5.91 Å². The van der Waals surface area contributed by atoms with Crippen LogP contribution in [0.1, 0.15) is 31.1 Å². The number of carbonyl (C=O) groups is 2. The van der Waals surface area contributed by atoms with Gasteiger partial charge < -0.3 is 15.8 Å². The van der Waals surface area contributed by atoms with Crippen molar-refractivity contribution in [1.82, 2.24) is 0 Å². The summed E-state index contributed by atoms with van der Waals surface area (Å²) in [5.74, 6) is -0.408. The highest BCUT2D eigenvalue weighted by atomic mass is 16.5. The Hall–Kier alpha value is -2.04. The van der Waals surface area contributed by atoms with Crippen LogP contribution >= 0.6 is 0 Å². The van der Waals surface area contributed by atoms with Gasteiger partial charge in [0.25, 0.3) is 5.91 Å². The van der Waals surface area contributed by atoms with Crippen molar-refractivity contribution in [2.75, 3.05) is 11.9 Å². The van der Waals surface area contributed by atoms with Crippen LogP contribution in [0.25, 0.3) is 0 Å². The van der Waals surface area contributed by atoms with Gasteiger partial charge in [-0.15, -0.1) is 0 Å². The summed E-state index contributed by atoms with van der Waals surface area (Å²) in [6, 6.07) is 4.82. The smallest absolute Gasteiger partial charge is 0.252 e. The Morgan fingerprint density at radius 3 is 2.56 bits per heavy atom.